The molecule has 1 aliphatic rings. The molecule has 168 valence electrons. The lowest BCUT2D eigenvalue weighted by molar-refractivity contribution is -0.115. The highest BCUT2D eigenvalue weighted by molar-refractivity contribution is 8.00. The molecule has 0 spiro atoms. The largest absolute Gasteiger partial charge is 0.416 e. The molecule has 0 radical (unpaired) electrons. The van der Waals surface area contributed by atoms with Crippen LogP contribution < -0.4 is 5.32 Å². The maximum absolute atomic E-state index is 13.1. The Labute approximate surface area is 195 Å². The van der Waals surface area contributed by atoms with E-state index in [0.717, 1.165) is 22.9 Å². The number of hydrogen-bond acceptors (Lipinski definition) is 7. The summed E-state index contributed by atoms with van der Waals surface area (Å²) < 4.78 is 29.1. The van der Waals surface area contributed by atoms with Crippen molar-refractivity contribution in [2.45, 2.75) is 30.2 Å². The van der Waals surface area contributed by atoms with Gasteiger partial charge >= 0.3 is 0 Å². The zero-order valence-corrected chi connectivity index (χ0v) is 19.7. The van der Waals surface area contributed by atoms with E-state index in [-0.39, 0.29) is 28.6 Å². The van der Waals surface area contributed by atoms with Crippen molar-refractivity contribution in [1.29, 1.82) is 0 Å². The van der Waals surface area contributed by atoms with Gasteiger partial charge in [-0.2, -0.15) is 0 Å². The van der Waals surface area contributed by atoms with Crippen molar-refractivity contribution >= 4 is 44.8 Å². The quantitative estimate of drug-likeness (QED) is 0.486. The fourth-order valence-corrected chi connectivity index (χ4v) is 6.46. The minimum atomic E-state index is -2.97. The molecule has 1 amide bonds. The summed E-state index contributed by atoms with van der Waals surface area (Å²) >= 11 is 7.34. The van der Waals surface area contributed by atoms with Gasteiger partial charge in [-0.25, -0.2) is 8.42 Å². The average molecular weight is 492 g/mol. The number of hydrogen-bond donors (Lipinski definition) is 1. The van der Waals surface area contributed by atoms with E-state index < -0.39 is 15.1 Å². The number of halogens is 1. The Morgan fingerprint density at radius 1 is 1.25 bits per heavy atom. The number of carbonyl (C=O) groups is 1. The van der Waals surface area contributed by atoms with Crippen molar-refractivity contribution in [3.8, 4) is 0 Å². The van der Waals surface area contributed by atoms with Gasteiger partial charge in [0, 0.05) is 17.1 Å². The molecule has 2 unspecified atom stereocenters. The summed E-state index contributed by atoms with van der Waals surface area (Å²) in [5.74, 6) is 0.464. The zero-order valence-electron chi connectivity index (χ0n) is 17.3. The van der Waals surface area contributed by atoms with Crippen molar-refractivity contribution in [1.82, 2.24) is 10.2 Å². The zero-order chi connectivity index (χ0) is 22.7. The van der Waals surface area contributed by atoms with Crippen LogP contribution in [0.1, 0.15) is 28.7 Å². The number of anilines is 1. The predicted molar refractivity (Wildman–Crippen MR) is 125 cm³/mol. The molecule has 0 bridgehead atoms. The number of nitrogens with zero attached hydrogens (tertiary/aromatic N) is 2. The van der Waals surface area contributed by atoms with Crippen LogP contribution >= 0.6 is 23.4 Å². The Bertz CT molecular complexity index is 1210. The smallest absolute Gasteiger partial charge is 0.277 e. The number of thioether (sulfide) groups is 1. The van der Waals surface area contributed by atoms with E-state index in [1.807, 2.05) is 43.3 Å². The Hall–Kier alpha value is -2.36. The molecule has 2 aromatic carbocycles. The number of carbonyl (C=O) groups excluding carboxylic acids is 1. The summed E-state index contributed by atoms with van der Waals surface area (Å²) in [4.78, 5) is 13.1. The second kappa shape index (κ2) is 9.64. The molecular formula is C22H22ClN3O4S2. The van der Waals surface area contributed by atoms with E-state index in [1.165, 1.54) is 0 Å². The molecule has 4 rings (SSSR count). The molecule has 1 saturated heterocycles. The van der Waals surface area contributed by atoms with Gasteiger partial charge < -0.3 is 9.73 Å². The van der Waals surface area contributed by atoms with Gasteiger partial charge in [-0.15, -0.1) is 10.2 Å². The topological polar surface area (TPSA) is 102 Å². The van der Waals surface area contributed by atoms with Crippen LogP contribution in [0.25, 0.3) is 0 Å². The first-order valence-corrected chi connectivity index (χ1v) is 13.2. The van der Waals surface area contributed by atoms with Gasteiger partial charge in [-0.05, 0) is 54.3 Å². The molecule has 10 heteroatoms. The molecule has 1 N–H and O–H groups in total. The van der Waals surface area contributed by atoms with E-state index in [2.05, 4.69) is 15.5 Å². The third-order valence-electron chi connectivity index (χ3n) is 5.24. The molecule has 0 saturated carbocycles. The van der Waals surface area contributed by atoms with Crippen LogP contribution in [0.5, 0.6) is 0 Å². The van der Waals surface area contributed by atoms with Gasteiger partial charge in [0.2, 0.25) is 11.8 Å². The van der Waals surface area contributed by atoms with Crippen molar-refractivity contribution in [2.24, 2.45) is 5.92 Å². The predicted octanol–water partition coefficient (Wildman–Crippen LogP) is 4.48. The van der Waals surface area contributed by atoms with Crippen LogP contribution in [0.3, 0.4) is 0 Å². The molecular weight excluding hydrogens is 470 g/mol. The number of amides is 1. The molecule has 7 nitrogen and oxygen atoms in total. The first kappa shape index (κ1) is 22.8. The minimum Gasteiger partial charge on any atom is -0.416 e. The van der Waals surface area contributed by atoms with E-state index >= 15 is 0 Å². The fourth-order valence-electron chi connectivity index (χ4n) is 3.53. The van der Waals surface area contributed by atoms with Crippen molar-refractivity contribution in [3.05, 3.63) is 70.6 Å². The van der Waals surface area contributed by atoms with E-state index in [0.29, 0.717) is 29.4 Å². The van der Waals surface area contributed by atoms with Crippen LogP contribution in [-0.4, -0.2) is 36.0 Å². The first-order chi connectivity index (χ1) is 15.3. The number of nitrogens with one attached hydrogen (secondary N) is 1. The molecule has 3 aromatic rings. The van der Waals surface area contributed by atoms with Crippen molar-refractivity contribution in [2.75, 3.05) is 16.8 Å². The molecule has 2 heterocycles. The third-order valence-corrected chi connectivity index (χ3v) is 8.57. The molecule has 1 fully saturated rings. The second-order valence-corrected chi connectivity index (χ2v) is 11.5. The first-order valence-electron chi connectivity index (χ1n) is 10.1. The summed E-state index contributed by atoms with van der Waals surface area (Å²) in [6.07, 6.45) is 1.01. The Balaban J connectivity index is 1.49. The molecule has 2 atom stereocenters. The molecule has 0 aliphatic carbocycles. The highest BCUT2D eigenvalue weighted by atomic mass is 35.5. The normalized spacial score (nSPS) is 18.4. The van der Waals surface area contributed by atoms with Gasteiger partial charge in [-0.1, -0.05) is 48.0 Å². The summed E-state index contributed by atoms with van der Waals surface area (Å²) in [5.41, 5.74) is 2.31. The highest BCUT2D eigenvalue weighted by Crippen LogP contribution is 2.36. The molecule has 32 heavy (non-hydrogen) atoms. The second-order valence-electron chi connectivity index (χ2n) is 7.80. The van der Waals surface area contributed by atoms with Gasteiger partial charge in [0.05, 0.1) is 11.5 Å². The molecule has 1 aliphatic heterocycles. The number of rotatable bonds is 7. The minimum absolute atomic E-state index is 0.0159. The van der Waals surface area contributed by atoms with Crippen LogP contribution in [0.2, 0.25) is 5.02 Å². The lowest BCUT2D eigenvalue weighted by atomic mass is 10.1. The maximum Gasteiger partial charge on any atom is 0.277 e. The highest BCUT2D eigenvalue weighted by Gasteiger charge is 2.30. The number of aromatic nitrogens is 2. The van der Waals surface area contributed by atoms with Crippen LogP contribution in [0.4, 0.5) is 5.69 Å². The SMILES string of the molecule is Cc1ccc(NC(=O)C(Sc2nnc(CC3CCS(=O)(=O)C3)o2)c2ccccc2)cc1Cl. The van der Waals surface area contributed by atoms with E-state index in [9.17, 15) is 13.2 Å². The number of aryl methyl sites for hydroxylation is 1. The van der Waals surface area contributed by atoms with Gasteiger partial charge in [0.15, 0.2) is 9.84 Å². The Kier molecular flexibility index (Phi) is 6.88. The number of benzene rings is 2. The maximum atomic E-state index is 13.1. The van der Waals surface area contributed by atoms with Crippen molar-refractivity contribution < 1.29 is 17.6 Å². The lowest BCUT2D eigenvalue weighted by Crippen LogP contribution is -2.19. The van der Waals surface area contributed by atoms with Crippen LogP contribution in [-0.2, 0) is 21.1 Å². The van der Waals surface area contributed by atoms with Crippen LogP contribution in [0, 0.1) is 12.8 Å². The fraction of sp³-hybridized carbons (Fsp3) is 0.318. The lowest BCUT2D eigenvalue weighted by Gasteiger charge is -2.15. The van der Waals surface area contributed by atoms with E-state index in [1.54, 1.807) is 12.1 Å². The van der Waals surface area contributed by atoms with Gasteiger partial charge in [0.25, 0.3) is 5.22 Å². The van der Waals surface area contributed by atoms with Crippen molar-refractivity contribution in [3.63, 3.8) is 0 Å². The summed E-state index contributed by atoms with van der Waals surface area (Å²) in [6.45, 7) is 1.89. The third kappa shape index (κ3) is 5.70. The van der Waals surface area contributed by atoms with E-state index in [4.69, 9.17) is 16.0 Å². The Morgan fingerprint density at radius 2 is 2.03 bits per heavy atom. The summed E-state index contributed by atoms with van der Waals surface area (Å²) in [7, 11) is -2.97. The number of sulfone groups is 1. The summed E-state index contributed by atoms with van der Waals surface area (Å²) in [6, 6.07) is 14.7. The average Bonchev–Trinajstić information content (AvgIpc) is 3.35. The molecule has 1 aromatic heterocycles. The van der Waals surface area contributed by atoms with Gasteiger partial charge in [-0.3, -0.25) is 4.79 Å². The monoisotopic (exact) mass is 491 g/mol. The Morgan fingerprint density at radius 3 is 2.72 bits per heavy atom. The van der Waals surface area contributed by atoms with Crippen LogP contribution in [0.15, 0.2) is 58.2 Å². The standard InChI is InChI=1S/C22H22ClN3O4S2/c1-14-7-8-17(12-18(14)23)24-21(27)20(16-5-3-2-4-6-16)31-22-26-25-19(30-22)11-15-9-10-32(28,29)13-15/h2-8,12,15,20H,9-11,13H2,1H3,(H,24,27). The summed E-state index contributed by atoms with van der Waals surface area (Å²) in [5, 5.41) is 11.2. The van der Waals surface area contributed by atoms with Gasteiger partial charge in [0.1, 0.15) is 5.25 Å².